The van der Waals surface area contributed by atoms with Crippen molar-refractivity contribution in [2.75, 3.05) is 12.4 Å². The van der Waals surface area contributed by atoms with Gasteiger partial charge in [-0.05, 0) is 30.2 Å². The van der Waals surface area contributed by atoms with Crippen LogP contribution in [0.5, 0.6) is 0 Å². The highest BCUT2D eigenvalue weighted by atomic mass is 16.2. The summed E-state index contributed by atoms with van der Waals surface area (Å²) < 4.78 is 0. The molecule has 3 amide bonds. The summed E-state index contributed by atoms with van der Waals surface area (Å²) in [6, 6.07) is 16.6. The zero-order valence-electron chi connectivity index (χ0n) is 15.4. The molecule has 1 aromatic heterocycles. The molecular weight excluding hydrogens is 354 g/mol. The standard InChI is InChI=1S/C22H19N3O3/c1-25-19(26)13-16(22(25)28)12-15-6-2-3-9-17(15)21(27)24-18-10-4-7-14-8-5-11-23-20(14)18/h2-11,16H,12-13H2,1H3,(H,24,27). The van der Waals surface area contributed by atoms with E-state index in [4.69, 9.17) is 0 Å². The van der Waals surface area contributed by atoms with Crippen LogP contribution in [0.4, 0.5) is 5.69 Å². The van der Waals surface area contributed by atoms with Gasteiger partial charge in [-0.3, -0.25) is 24.3 Å². The number of carbonyl (C=O) groups is 3. The van der Waals surface area contributed by atoms with Crippen molar-refractivity contribution < 1.29 is 14.4 Å². The predicted octanol–water partition coefficient (Wildman–Crippen LogP) is 3.03. The first-order valence-corrected chi connectivity index (χ1v) is 9.08. The molecule has 6 heteroatoms. The summed E-state index contributed by atoms with van der Waals surface area (Å²) in [5, 5.41) is 3.87. The number of pyridine rings is 1. The number of rotatable bonds is 4. The minimum absolute atomic E-state index is 0.179. The number of likely N-dealkylation sites (tertiary alicyclic amines) is 1. The molecule has 0 saturated carbocycles. The van der Waals surface area contributed by atoms with Gasteiger partial charge in [-0.25, -0.2) is 0 Å². The molecule has 0 spiro atoms. The van der Waals surface area contributed by atoms with Crippen molar-refractivity contribution >= 4 is 34.3 Å². The highest BCUT2D eigenvalue weighted by Crippen LogP contribution is 2.26. The molecule has 2 aromatic carbocycles. The Hall–Kier alpha value is -3.54. The first-order chi connectivity index (χ1) is 13.5. The maximum absolute atomic E-state index is 13.0. The lowest BCUT2D eigenvalue weighted by atomic mass is 9.94. The maximum atomic E-state index is 13.0. The molecule has 0 radical (unpaired) electrons. The second-order valence-corrected chi connectivity index (χ2v) is 6.89. The number of nitrogens with zero attached hydrogens (tertiary/aromatic N) is 2. The van der Waals surface area contributed by atoms with E-state index in [-0.39, 0.29) is 24.1 Å². The van der Waals surface area contributed by atoms with Crippen molar-refractivity contribution in [3.8, 4) is 0 Å². The molecule has 1 fully saturated rings. The SMILES string of the molecule is CN1C(=O)CC(Cc2ccccc2C(=O)Nc2cccc3cccnc23)C1=O. The summed E-state index contributed by atoms with van der Waals surface area (Å²) in [5.41, 5.74) is 2.58. The van der Waals surface area contributed by atoms with Crippen LogP contribution in [-0.4, -0.2) is 34.7 Å². The zero-order valence-corrected chi connectivity index (χ0v) is 15.4. The largest absolute Gasteiger partial charge is 0.320 e. The molecule has 28 heavy (non-hydrogen) atoms. The van der Waals surface area contributed by atoms with Gasteiger partial charge in [-0.1, -0.05) is 36.4 Å². The van der Waals surface area contributed by atoms with Gasteiger partial charge in [0.1, 0.15) is 0 Å². The summed E-state index contributed by atoms with van der Waals surface area (Å²) >= 11 is 0. The number of benzene rings is 2. The van der Waals surface area contributed by atoms with E-state index in [0.717, 1.165) is 15.8 Å². The number of carbonyl (C=O) groups excluding carboxylic acids is 3. The Morgan fingerprint density at radius 2 is 1.89 bits per heavy atom. The third-order valence-corrected chi connectivity index (χ3v) is 5.08. The summed E-state index contributed by atoms with van der Waals surface area (Å²) in [5.74, 6) is -1.07. The smallest absolute Gasteiger partial charge is 0.255 e. The Morgan fingerprint density at radius 3 is 2.68 bits per heavy atom. The van der Waals surface area contributed by atoms with E-state index in [9.17, 15) is 14.4 Å². The Labute approximate surface area is 162 Å². The van der Waals surface area contributed by atoms with Crippen molar-refractivity contribution in [2.24, 2.45) is 5.92 Å². The fourth-order valence-corrected chi connectivity index (χ4v) is 3.57. The molecule has 0 bridgehead atoms. The molecule has 3 aromatic rings. The average Bonchev–Trinajstić information content (AvgIpc) is 2.95. The second kappa shape index (κ2) is 7.23. The van der Waals surface area contributed by atoms with Crippen LogP contribution >= 0.6 is 0 Å². The second-order valence-electron chi connectivity index (χ2n) is 6.89. The minimum atomic E-state index is -0.425. The maximum Gasteiger partial charge on any atom is 0.255 e. The number of imide groups is 1. The monoisotopic (exact) mass is 373 g/mol. The molecule has 0 aliphatic carbocycles. The fourth-order valence-electron chi connectivity index (χ4n) is 3.57. The van der Waals surface area contributed by atoms with E-state index >= 15 is 0 Å². The molecule has 2 heterocycles. The lowest BCUT2D eigenvalue weighted by Gasteiger charge is -2.13. The van der Waals surface area contributed by atoms with Crippen LogP contribution in [0.25, 0.3) is 10.9 Å². The van der Waals surface area contributed by atoms with Crippen molar-refractivity contribution in [3.63, 3.8) is 0 Å². The molecule has 1 N–H and O–H groups in total. The number of anilines is 1. The van der Waals surface area contributed by atoms with E-state index in [1.165, 1.54) is 7.05 Å². The number of amides is 3. The average molecular weight is 373 g/mol. The van der Waals surface area contributed by atoms with Gasteiger partial charge in [-0.15, -0.1) is 0 Å². The quantitative estimate of drug-likeness (QED) is 0.713. The number of para-hydroxylation sites is 1. The van der Waals surface area contributed by atoms with Crippen LogP contribution in [0.2, 0.25) is 0 Å². The lowest BCUT2D eigenvalue weighted by Crippen LogP contribution is -2.26. The van der Waals surface area contributed by atoms with Gasteiger partial charge in [0.05, 0.1) is 17.1 Å². The molecule has 6 nitrogen and oxygen atoms in total. The third-order valence-electron chi connectivity index (χ3n) is 5.08. The van der Waals surface area contributed by atoms with E-state index in [1.54, 1.807) is 18.3 Å². The number of hydrogen-bond donors (Lipinski definition) is 1. The van der Waals surface area contributed by atoms with E-state index in [0.29, 0.717) is 23.2 Å². The van der Waals surface area contributed by atoms with Gasteiger partial charge < -0.3 is 5.32 Å². The Balaban J connectivity index is 1.60. The molecular formula is C22H19N3O3. The number of hydrogen-bond acceptors (Lipinski definition) is 4. The van der Waals surface area contributed by atoms with Gasteiger partial charge >= 0.3 is 0 Å². The first kappa shape index (κ1) is 17.9. The predicted molar refractivity (Wildman–Crippen MR) is 106 cm³/mol. The lowest BCUT2D eigenvalue weighted by molar-refractivity contribution is -0.137. The number of fused-ring (bicyclic) bond motifs is 1. The topological polar surface area (TPSA) is 79.4 Å². The number of nitrogens with one attached hydrogen (secondary N) is 1. The van der Waals surface area contributed by atoms with Gasteiger partial charge in [-0.2, -0.15) is 0 Å². The molecule has 1 atom stereocenters. The number of aromatic nitrogens is 1. The van der Waals surface area contributed by atoms with E-state index < -0.39 is 5.92 Å². The van der Waals surface area contributed by atoms with Crippen molar-refractivity contribution in [1.82, 2.24) is 9.88 Å². The molecule has 1 aliphatic rings. The molecule has 140 valence electrons. The van der Waals surface area contributed by atoms with Crippen molar-refractivity contribution in [2.45, 2.75) is 12.8 Å². The van der Waals surface area contributed by atoms with E-state index in [2.05, 4.69) is 10.3 Å². The van der Waals surface area contributed by atoms with Gasteiger partial charge in [0, 0.05) is 30.6 Å². The normalized spacial score (nSPS) is 16.6. The van der Waals surface area contributed by atoms with Crippen molar-refractivity contribution in [1.29, 1.82) is 0 Å². The fraction of sp³-hybridized carbons (Fsp3) is 0.182. The summed E-state index contributed by atoms with van der Waals surface area (Å²) in [6.07, 6.45) is 2.22. The van der Waals surface area contributed by atoms with Gasteiger partial charge in [0.15, 0.2) is 0 Å². The first-order valence-electron chi connectivity index (χ1n) is 9.08. The Morgan fingerprint density at radius 1 is 1.11 bits per heavy atom. The highest BCUT2D eigenvalue weighted by molar-refractivity contribution is 6.09. The molecule has 1 saturated heterocycles. The van der Waals surface area contributed by atoms with Crippen molar-refractivity contribution in [3.05, 3.63) is 71.9 Å². The molecule has 1 unspecified atom stereocenters. The van der Waals surface area contributed by atoms with Gasteiger partial charge in [0.2, 0.25) is 11.8 Å². The van der Waals surface area contributed by atoms with Gasteiger partial charge in [0.25, 0.3) is 5.91 Å². The summed E-state index contributed by atoms with van der Waals surface area (Å²) in [7, 11) is 1.50. The Kier molecular flexibility index (Phi) is 4.61. The minimum Gasteiger partial charge on any atom is -0.320 e. The summed E-state index contributed by atoms with van der Waals surface area (Å²) in [6.45, 7) is 0. The molecule has 4 rings (SSSR count). The van der Waals surface area contributed by atoms with Crippen LogP contribution in [0, 0.1) is 5.92 Å². The highest BCUT2D eigenvalue weighted by Gasteiger charge is 2.36. The van der Waals surface area contributed by atoms with Crippen LogP contribution in [0.1, 0.15) is 22.3 Å². The third kappa shape index (κ3) is 3.24. The van der Waals surface area contributed by atoms with Crippen LogP contribution in [-0.2, 0) is 16.0 Å². The zero-order chi connectivity index (χ0) is 19.7. The Bertz CT molecular complexity index is 1090. The summed E-state index contributed by atoms with van der Waals surface area (Å²) in [4.78, 5) is 42.5. The van der Waals surface area contributed by atoms with Crippen LogP contribution in [0.15, 0.2) is 60.8 Å². The van der Waals surface area contributed by atoms with Crippen LogP contribution < -0.4 is 5.32 Å². The molecule has 1 aliphatic heterocycles. The van der Waals surface area contributed by atoms with Crippen LogP contribution in [0.3, 0.4) is 0 Å². The van der Waals surface area contributed by atoms with E-state index in [1.807, 2.05) is 42.5 Å².